The Morgan fingerprint density at radius 3 is 2.60 bits per heavy atom. The van der Waals surface area contributed by atoms with Gasteiger partial charge in [-0.3, -0.25) is 9.97 Å². The highest BCUT2D eigenvalue weighted by molar-refractivity contribution is 9.10. The molecule has 4 nitrogen and oxygen atoms in total. The summed E-state index contributed by atoms with van der Waals surface area (Å²) >= 11 is 3.61. The molecule has 0 spiro atoms. The molecule has 0 aliphatic carbocycles. The van der Waals surface area contributed by atoms with Crippen molar-refractivity contribution in [2.75, 3.05) is 11.9 Å². The first kappa shape index (κ1) is 17.5. The van der Waals surface area contributed by atoms with Gasteiger partial charge < -0.3 is 11.1 Å². The average Bonchev–Trinajstić information content (AvgIpc) is 2.64. The summed E-state index contributed by atoms with van der Waals surface area (Å²) in [5.74, 6) is -0.264. The summed E-state index contributed by atoms with van der Waals surface area (Å²) < 4.78 is 14.6. The molecule has 0 saturated carbocycles. The van der Waals surface area contributed by atoms with E-state index in [2.05, 4.69) is 31.2 Å². The first-order chi connectivity index (χ1) is 12.2. The summed E-state index contributed by atoms with van der Waals surface area (Å²) in [5, 5.41) is 3.34. The molecular formula is C19H18BrFN4. The largest absolute Gasteiger partial charge is 0.384 e. The minimum absolute atomic E-state index is 0.264. The van der Waals surface area contributed by atoms with Crippen LogP contribution < -0.4 is 11.1 Å². The number of nitrogens with one attached hydrogen (secondary N) is 1. The van der Waals surface area contributed by atoms with E-state index in [-0.39, 0.29) is 11.9 Å². The highest BCUT2D eigenvalue weighted by Gasteiger charge is 2.12. The molecule has 0 saturated heterocycles. The van der Waals surface area contributed by atoms with Crippen LogP contribution in [0.3, 0.4) is 0 Å². The van der Waals surface area contributed by atoms with Gasteiger partial charge in [0.2, 0.25) is 0 Å². The van der Waals surface area contributed by atoms with Gasteiger partial charge in [0.1, 0.15) is 5.82 Å². The first-order valence-electron chi connectivity index (χ1n) is 7.95. The van der Waals surface area contributed by atoms with Crippen molar-refractivity contribution < 1.29 is 4.39 Å². The Bertz CT molecular complexity index is 842. The van der Waals surface area contributed by atoms with Crippen molar-refractivity contribution in [2.45, 2.75) is 12.5 Å². The smallest absolute Gasteiger partial charge is 0.127 e. The van der Waals surface area contributed by atoms with Crippen LogP contribution >= 0.6 is 15.9 Å². The van der Waals surface area contributed by atoms with Crippen LogP contribution in [0.5, 0.6) is 0 Å². The lowest BCUT2D eigenvalue weighted by atomic mass is 10.0. The Balaban J connectivity index is 1.67. The number of halogens is 2. The standard InChI is InChI=1S/C19H18BrFN4/c20-18-17(8-12-25-19(18)13-5-9-23-10-6-13)24-11-7-16(22)14-3-1-2-4-15(14)21/h1-6,8-10,12,16H,7,11,22H2,(H,24,25)/t16-/m1/s1. The van der Waals surface area contributed by atoms with Crippen LogP contribution in [-0.2, 0) is 0 Å². The molecule has 6 heteroatoms. The fourth-order valence-corrected chi connectivity index (χ4v) is 3.19. The van der Waals surface area contributed by atoms with Gasteiger partial charge in [0.15, 0.2) is 0 Å². The van der Waals surface area contributed by atoms with Crippen molar-refractivity contribution in [1.29, 1.82) is 0 Å². The second-order valence-corrected chi connectivity index (χ2v) is 6.39. The van der Waals surface area contributed by atoms with Crippen LogP contribution in [0, 0.1) is 5.82 Å². The van der Waals surface area contributed by atoms with Gasteiger partial charge in [0.05, 0.1) is 15.9 Å². The molecule has 1 atom stereocenters. The minimum Gasteiger partial charge on any atom is -0.384 e. The van der Waals surface area contributed by atoms with Gasteiger partial charge >= 0.3 is 0 Å². The van der Waals surface area contributed by atoms with Gasteiger partial charge in [0.25, 0.3) is 0 Å². The van der Waals surface area contributed by atoms with Gasteiger partial charge in [-0.05, 0) is 46.6 Å². The lowest BCUT2D eigenvalue weighted by molar-refractivity contribution is 0.570. The lowest BCUT2D eigenvalue weighted by Crippen LogP contribution is -2.16. The van der Waals surface area contributed by atoms with Crippen LogP contribution in [0.4, 0.5) is 10.1 Å². The third-order valence-electron chi connectivity index (χ3n) is 3.92. The Kier molecular flexibility index (Phi) is 5.73. The molecule has 0 radical (unpaired) electrons. The van der Waals surface area contributed by atoms with Crippen molar-refractivity contribution >= 4 is 21.6 Å². The average molecular weight is 401 g/mol. The molecule has 0 unspecified atom stereocenters. The summed E-state index contributed by atoms with van der Waals surface area (Å²) in [4.78, 5) is 8.45. The zero-order chi connectivity index (χ0) is 17.6. The van der Waals surface area contributed by atoms with E-state index in [1.807, 2.05) is 18.2 Å². The fourth-order valence-electron chi connectivity index (χ4n) is 2.58. The van der Waals surface area contributed by atoms with Crippen LogP contribution in [0.1, 0.15) is 18.0 Å². The number of benzene rings is 1. The maximum atomic E-state index is 13.8. The lowest BCUT2D eigenvalue weighted by Gasteiger charge is -2.15. The predicted octanol–water partition coefficient (Wildman–Crippen LogP) is 4.55. The van der Waals surface area contributed by atoms with Gasteiger partial charge in [0, 0.05) is 42.3 Å². The number of rotatable bonds is 6. The zero-order valence-electron chi connectivity index (χ0n) is 13.5. The molecule has 2 heterocycles. The van der Waals surface area contributed by atoms with Gasteiger partial charge in [-0.15, -0.1) is 0 Å². The van der Waals surface area contributed by atoms with Crippen LogP contribution in [-0.4, -0.2) is 16.5 Å². The minimum atomic E-state index is -0.353. The van der Waals surface area contributed by atoms with E-state index >= 15 is 0 Å². The molecule has 3 aromatic rings. The SMILES string of the molecule is N[C@H](CCNc1ccnc(-c2ccncc2)c1Br)c1ccccc1F. The van der Waals surface area contributed by atoms with E-state index in [1.54, 1.807) is 36.8 Å². The Labute approximate surface area is 154 Å². The maximum absolute atomic E-state index is 13.8. The van der Waals surface area contributed by atoms with E-state index in [1.165, 1.54) is 6.07 Å². The van der Waals surface area contributed by atoms with Crippen molar-refractivity contribution in [3.05, 3.63) is 76.9 Å². The highest BCUT2D eigenvalue weighted by atomic mass is 79.9. The number of pyridine rings is 2. The third kappa shape index (κ3) is 4.21. The summed E-state index contributed by atoms with van der Waals surface area (Å²) in [6.07, 6.45) is 5.83. The van der Waals surface area contributed by atoms with Gasteiger partial charge in [-0.25, -0.2) is 4.39 Å². The summed E-state index contributed by atoms with van der Waals surface area (Å²) in [6, 6.07) is 12.0. The van der Waals surface area contributed by atoms with Crippen LogP contribution in [0.2, 0.25) is 0 Å². The molecule has 0 bridgehead atoms. The molecule has 25 heavy (non-hydrogen) atoms. The molecular weight excluding hydrogens is 383 g/mol. The molecule has 1 aromatic carbocycles. The second-order valence-electron chi connectivity index (χ2n) is 5.60. The molecule has 2 aromatic heterocycles. The van der Waals surface area contributed by atoms with Crippen molar-refractivity contribution in [3.63, 3.8) is 0 Å². The fraction of sp³-hybridized carbons (Fsp3) is 0.158. The maximum Gasteiger partial charge on any atom is 0.127 e. The van der Waals surface area contributed by atoms with Gasteiger partial charge in [-0.1, -0.05) is 18.2 Å². The monoisotopic (exact) mass is 400 g/mol. The summed E-state index contributed by atoms with van der Waals surface area (Å²) in [5.41, 5.74) is 9.38. The molecule has 0 aliphatic heterocycles. The van der Waals surface area contributed by atoms with E-state index in [9.17, 15) is 4.39 Å². The quantitative estimate of drug-likeness (QED) is 0.636. The normalized spacial score (nSPS) is 12.0. The Morgan fingerprint density at radius 2 is 1.84 bits per heavy atom. The van der Waals surface area contributed by atoms with Crippen LogP contribution in [0.15, 0.2) is 65.5 Å². The molecule has 128 valence electrons. The number of aromatic nitrogens is 2. The van der Waals surface area contributed by atoms with Crippen LogP contribution in [0.25, 0.3) is 11.3 Å². The topological polar surface area (TPSA) is 63.8 Å². The second kappa shape index (κ2) is 8.18. The van der Waals surface area contributed by atoms with Crippen molar-refractivity contribution in [1.82, 2.24) is 9.97 Å². The first-order valence-corrected chi connectivity index (χ1v) is 8.75. The molecule has 0 fully saturated rings. The third-order valence-corrected chi connectivity index (χ3v) is 4.72. The van der Waals surface area contributed by atoms with E-state index in [0.29, 0.717) is 18.5 Å². The van der Waals surface area contributed by atoms with Gasteiger partial charge in [-0.2, -0.15) is 0 Å². The Morgan fingerprint density at radius 1 is 1.08 bits per heavy atom. The number of hydrogen-bond acceptors (Lipinski definition) is 4. The number of nitrogens with zero attached hydrogens (tertiary/aromatic N) is 2. The zero-order valence-corrected chi connectivity index (χ0v) is 15.1. The number of anilines is 1. The van der Waals surface area contributed by atoms with E-state index < -0.39 is 0 Å². The summed E-state index contributed by atoms with van der Waals surface area (Å²) in [6.45, 7) is 0.619. The van der Waals surface area contributed by atoms with Crippen molar-refractivity contribution in [2.24, 2.45) is 5.73 Å². The Hall–Kier alpha value is -2.31. The summed E-state index contributed by atoms with van der Waals surface area (Å²) in [7, 11) is 0. The molecule has 3 rings (SSSR count). The molecule has 3 N–H and O–H groups in total. The molecule has 0 aliphatic rings. The predicted molar refractivity (Wildman–Crippen MR) is 102 cm³/mol. The number of hydrogen-bond donors (Lipinski definition) is 2. The van der Waals surface area contributed by atoms with Crippen molar-refractivity contribution in [3.8, 4) is 11.3 Å². The highest BCUT2D eigenvalue weighted by Crippen LogP contribution is 2.32. The van der Waals surface area contributed by atoms with E-state index in [0.717, 1.165) is 21.4 Å². The molecule has 0 amide bonds. The number of nitrogens with two attached hydrogens (primary N) is 1. The van der Waals surface area contributed by atoms with E-state index in [4.69, 9.17) is 5.73 Å².